The molecule has 0 fully saturated rings. The van der Waals surface area contributed by atoms with Crippen molar-refractivity contribution in [3.63, 3.8) is 0 Å². The van der Waals surface area contributed by atoms with Crippen molar-refractivity contribution in [3.05, 3.63) is 0 Å². The Balaban J connectivity index is 3.38. The molecule has 6 heteroatoms. The standard InChI is InChI=1S/C63H125NO5/c1-3-5-7-9-11-13-15-17-19-21-24-27-31-35-39-43-47-51-55-61(66)60(59-65)64-62(67)56-52-48-44-40-36-32-28-25-22-26-30-34-38-42-46-50-54-58-69-63(68)57-53-49-45-41-37-33-29-23-20-18-16-14-12-10-8-6-4-2/h60-61,65-66H,3-59H2,1-2H3,(H,64,67). The van der Waals surface area contributed by atoms with Gasteiger partial charge in [0.15, 0.2) is 0 Å². The van der Waals surface area contributed by atoms with E-state index in [2.05, 4.69) is 19.2 Å². The second-order valence-corrected chi connectivity index (χ2v) is 22.1. The monoisotopic (exact) mass is 976 g/mol. The Morgan fingerprint density at radius 3 is 0.884 bits per heavy atom. The van der Waals surface area contributed by atoms with Crippen LogP contribution in [0.5, 0.6) is 0 Å². The van der Waals surface area contributed by atoms with E-state index in [4.69, 9.17) is 4.74 Å². The van der Waals surface area contributed by atoms with Crippen LogP contribution in [-0.4, -0.2) is 47.4 Å². The van der Waals surface area contributed by atoms with Crippen molar-refractivity contribution in [2.45, 2.75) is 379 Å². The number of aliphatic hydroxyl groups excluding tert-OH is 2. The zero-order valence-corrected chi connectivity index (χ0v) is 47.1. The Labute approximate surface area is 432 Å². The molecule has 0 aliphatic heterocycles. The van der Waals surface area contributed by atoms with Crippen LogP contribution in [0.1, 0.15) is 367 Å². The van der Waals surface area contributed by atoms with Crippen LogP contribution in [0.3, 0.4) is 0 Å². The average molecular weight is 977 g/mol. The number of esters is 1. The van der Waals surface area contributed by atoms with Crippen molar-refractivity contribution in [1.29, 1.82) is 0 Å². The third-order valence-electron chi connectivity index (χ3n) is 15.2. The van der Waals surface area contributed by atoms with Crippen LogP contribution in [-0.2, 0) is 14.3 Å². The van der Waals surface area contributed by atoms with E-state index in [1.54, 1.807) is 0 Å². The maximum absolute atomic E-state index is 12.5. The number of rotatable bonds is 60. The molecule has 0 aliphatic carbocycles. The van der Waals surface area contributed by atoms with E-state index in [9.17, 15) is 19.8 Å². The Morgan fingerprint density at radius 1 is 0.348 bits per heavy atom. The zero-order chi connectivity index (χ0) is 50.0. The fraction of sp³-hybridized carbons (Fsp3) is 0.968. The van der Waals surface area contributed by atoms with Gasteiger partial charge in [-0.1, -0.05) is 328 Å². The molecule has 6 nitrogen and oxygen atoms in total. The van der Waals surface area contributed by atoms with Gasteiger partial charge in [0, 0.05) is 12.8 Å². The van der Waals surface area contributed by atoms with E-state index in [0.29, 0.717) is 25.9 Å². The van der Waals surface area contributed by atoms with Crippen LogP contribution in [0.15, 0.2) is 0 Å². The highest BCUT2D eigenvalue weighted by molar-refractivity contribution is 5.76. The van der Waals surface area contributed by atoms with Gasteiger partial charge in [0.25, 0.3) is 0 Å². The average Bonchev–Trinajstić information content (AvgIpc) is 3.35. The topological polar surface area (TPSA) is 95.9 Å². The molecular weight excluding hydrogens is 851 g/mol. The van der Waals surface area contributed by atoms with Crippen molar-refractivity contribution in [2.24, 2.45) is 0 Å². The van der Waals surface area contributed by atoms with Gasteiger partial charge in [-0.05, 0) is 25.7 Å². The van der Waals surface area contributed by atoms with Crippen molar-refractivity contribution in [3.8, 4) is 0 Å². The summed E-state index contributed by atoms with van der Waals surface area (Å²) < 4.78 is 5.50. The minimum Gasteiger partial charge on any atom is -0.466 e. The van der Waals surface area contributed by atoms with Crippen molar-refractivity contribution < 1.29 is 24.5 Å². The molecular formula is C63H125NO5. The van der Waals surface area contributed by atoms with Gasteiger partial charge >= 0.3 is 5.97 Å². The minimum absolute atomic E-state index is 0.0107. The van der Waals surface area contributed by atoms with Gasteiger partial charge in [-0.3, -0.25) is 9.59 Å². The maximum atomic E-state index is 12.5. The fourth-order valence-corrected chi connectivity index (χ4v) is 10.3. The summed E-state index contributed by atoms with van der Waals surface area (Å²) in [5.74, 6) is -0.0252. The molecule has 0 heterocycles. The van der Waals surface area contributed by atoms with Crippen LogP contribution in [0.4, 0.5) is 0 Å². The van der Waals surface area contributed by atoms with E-state index >= 15 is 0 Å². The molecule has 0 radical (unpaired) electrons. The predicted molar refractivity (Wildman–Crippen MR) is 301 cm³/mol. The highest BCUT2D eigenvalue weighted by Gasteiger charge is 2.20. The van der Waals surface area contributed by atoms with Gasteiger partial charge in [-0.25, -0.2) is 0 Å². The highest BCUT2D eigenvalue weighted by atomic mass is 16.5. The lowest BCUT2D eigenvalue weighted by atomic mass is 10.0. The number of aliphatic hydroxyl groups is 2. The molecule has 2 unspecified atom stereocenters. The molecule has 0 aromatic heterocycles. The molecule has 0 spiro atoms. The van der Waals surface area contributed by atoms with E-state index in [1.807, 2.05) is 0 Å². The summed E-state index contributed by atoms with van der Waals surface area (Å²) in [6.45, 7) is 4.98. The Morgan fingerprint density at radius 2 is 0.594 bits per heavy atom. The van der Waals surface area contributed by atoms with Crippen LogP contribution >= 0.6 is 0 Å². The van der Waals surface area contributed by atoms with E-state index in [-0.39, 0.29) is 18.5 Å². The molecule has 1 amide bonds. The predicted octanol–water partition coefficient (Wildman–Crippen LogP) is 19.9. The summed E-state index contributed by atoms with van der Waals surface area (Å²) in [4.78, 5) is 24.6. The molecule has 0 saturated carbocycles. The molecule has 0 saturated heterocycles. The fourth-order valence-electron chi connectivity index (χ4n) is 10.3. The summed E-state index contributed by atoms with van der Waals surface area (Å²) in [6.07, 6.45) is 69.6. The van der Waals surface area contributed by atoms with Gasteiger partial charge in [0.05, 0.1) is 25.4 Å². The van der Waals surface area contributed by atoms with Crippen LogP contribution in [0.2, 0.25) is 0 Å². The SMILES string of the molecule is CCCCCCCCCCCCCCCCCCCCC(O)C(CO)NC(=O)CCCCCCCCCCCCCCCCCCCOC(=O)CCCCCCCCCCCCCCCCCCC. The molecule has 0 aliphatic rings. The largest absolute Gasteiger partial charge is 0.466 e. The Bertz CT molecular complexity index is 990. The van der Waals surface area contributed by atoms with Gasteiger partial charge in [-0.15, -0.1) is 0 Å². The molecule has 69 heavy (non-hydrogen) atoms. The van der Waals surface area contributed by atoms with Crippen LogP contribution in [0.25, 0.3) is 0 Å². The molecule has 0 bridgehead atoms. The zero-order valence-electron chi connectivity index (χ0n) is 47.1. The quantitative estimate of drug-likeness (QED) is 0.0417. The number of carbonyl (C=O) groups excluding carboxylic acids is 2. The third kappa shape index (κ3) is 56.0. The van der Waals surface area contributed by atoms with Crippen molar-refractivity contribution in [1.82, 2.24) is 5.32 Å². The summed E-state index contributed by atoms with van der Waals surface area (Å²) in [5.41, 5.74) is 0. The number of unbranched alkanes of at least 4 members (excludes halogenated alkanes) is 49. The highest BCUT2D eigenvalue weighted by Crippen LogP contribution is 2.19. The van der Waals surface area contributed by atoms with Gasteiger partial charge in [0.2, 0.25) is 5.91 Å². The lowest BCUT2D eigenvalue weighted by Crippen LogP contribution is -2.45. The number of hydrogen-bond acceptors (Lipinski definition) is 5. The number of hydrogen-bond donors (Lipinski definition) is 3. The first-order valence-corrected chi connectivity index (χ1v) is 31.8. The van der Waals surface area contributed by atoms with Crippen molar-refractivity contribution >= 4 is 11.9 Å². The molecule has 3 N–H and O–H groups in total. The van der Waals surface area contributed by atoms with Crippen LogP contribution < -0.4 is 5.32 Å². The minimum atomic E-state index is -0.667. The Hall–Kier alpha value is -1.14. The van der Waals surface area contributed by atoms with E-state index in [0.717, 1.165) is 38.5 Å². The lowest BCUT2D eigenvalue weighted by Gasteiger charge is -2.22. The first-order chi connectivity index (χ1) is 34.0. The van der Waals surface area contributed by atoms with E-state index < -0.39 is 12.1 Å². The number of nitrogens with one attached hydrogen (secondary N) is 1. The van der Waals surface area contributed by atoms with Crippen molar-refractivity contribution in [2.75, 3.05) is 13.2 Å². The second-order valence-electron chi connectivity index (χ2n) is 22.1. The third-order valence-corrected chi connectivity index (χ3v) is 15.2. The summed E-state index contributed by atoms with van der Waals surface area (Å²) in [6, 6.07) is -0.545. The first-order valence-electron chi connectivity index (χ1n) is 31.8. The molecule has 2 atom stereocenters. The normalized spacial score (nSPS) is 12.5. The van der Waals surface area contributed by atoms with Crippen LogP contribution in [0, 0.1) is 0 Å². The summed E-state index contributed by atoms with van der Waals surface area (Å²) in [5, 5.41) is 23.3. The van der Waals surface area contributed by atoms with Gasteiger partial charge in [-0.2, -0.15) is 0 Å². The first kappa shape index (κ1) is 67.9. The molecule has 0 aromatic rings. The smallest absolute Gasteiger partial charge is 0.305 e. The summed E-state index contributed by atoms with van der Waals surface area (Å²) in [7, 11) is 0. The lowest BCUT2D eigenvalue weighted by molar-refractivity contribution is -0.143. The maximum Gasteiger partial charge on any atom is 0.305 e. The summed E-state index contributed by atoms with van der Waals surface area (Å²) >= 11 is 0. The van der Waals surface area contributed by atoms with Gasteiger partial charge < -0.3 is 20.3 Å². The number of ether oxygens (including phenoxy) is 1. The van der Waals surface area contributed by atoms with E-state index in [1.165, 1.54) is 295 Å². The molecule has 0 rings (SSSR count). The number of carbonyl (C=O) groups is 2. The number of amides is 1. The molecule has 412 valence electrons. The van der Waals surface area contributed by atoms with Gasteiger partial charge in [0.1, 0.15) is 0 Å². The molecule has 0 aromatic carbocycles. The second kappa shape index (κ2) is 59.4. The Kier molecular flexibility index (Phi) is 58.4.